The molecule has 114 valence electrons. The number of H-pyrrole nitrogens is 1. The molecule has 22 heavy (non-hydrogen) atoms. The van der Waals surface area contributed by atoms with Gasteiger partial charge < -0.3 is 4.90 Å². The summed E-state index contributed by atoms with van der Waals surface area (Å²) in [4.78, 5) is 26.4. The van der Waals surface area contributed by atoms with Gasteiger partial charge in [-0.3, -0.25) is 9.59 Å². The first-order valence-electron chi connectivity index (χ1n) is 7.48. The molecule has 1 fully saturated rings. The zero-order valence-corrected chi connectivity index (χ0v) is 12.8. The number of hydrogen-bond donors (Lipinski definition) is 1. The Morgan fingerprint density at radius 1 is 1.27 bits per heavy atom. The van der Waals surface area contributed by atoms with Crippen LogP contribution in [0.15, 0.2) is 35.1 Å². The number of benzene rings is 1. The van der Waals surface area contributed by atoms with Crippen LogP contribution in [-0.2, 0) is 0 Å². The normalized spacial score (nSPS) is 17.7. The predicted octanol–water partition coefficient (Wildman–Crippen LogP) is 2.02. The Kier molecular flexibility index (Phi) is 3.79. The fourth-order valence-electron chi connectivity index (χ4n) is 2.98. The van der Waals surface area contributed by atoms with Crippen LogP contribution in [0.25, 0.3) is 0 Å². The van der Waals surface area contributed by atoms with E-state index in [0.717, 1.165) is 6.42 Å². The van der Waals surface area contributed by atoms with E-state index in [-0.39, 0.29) is 11.5 Å². The molecule has 1 saturated heterocycles. The van der Waals surface area contributed by atoms with Crippen molar-refractivity contribution in [2.24, 2.45) is 0 Å². The largest absolute Gasteiger partial charge is 0.338 e. The fraction of sp³-hybridized carbons (Fsp3) is 0.353. The number of nitrogens with zero attached hydrogens (tertiary/aromatic N) is 2. The summed E-state index contributed by atoms with van der Waals surface area (Å²) in [6.45, 7) is 4.90. The first-order chi connectivity index (χ1) is 10.6. The number of aromatic nitrogens is 2. The summed E-state index contributed by atoms with van der Waals surface area (Å²) in [6.07, 6.45) is 0.927. The van der Waals surface area contributed by atoms with E-state index in [2.05, 4.69) is 22.3 Å². The van der Waals surface area contributed by atoms with E-state index in [9.17, 15) is 9.59 Å². The first-order valence-corrected chi connectivity index (χ1v) is 7.48. The van der Waals surface area contributed by atoms with Crippen LogP contribution in [0.5, 0.6) is 0 Å². The number of carbonyl (C=O) groups excluding carboxylic acids is 1. The lowest BCUT2D eigenvalue weighted by atomic mass is 9.99. The van der Waals surface area contributed by atoms with E-state index >= 15 is 0 Å². The second-order valence-corrected chi connectivity index (χ2v) is 5.79. The molecule has 0 bridgehead atoms. The average molecular weight is 297 g/mol. The summed E-state index contributed by atoms with van der Waals surface area (Å²) in [5, 5.41) is 6.31. The molecule has 0 radical (unpaired) electrons. The molecular formula is C17H19N3O2. The number of carbonyl (C=O) groups is 1. The van der Waals surface area contributed by atoms with Gasteiger partial charge in [0.25, 0.3) is 11.5 Å². The molecule has 2 heterocycles. The highest BCUT2D eigenvalue weighted by molar-refractivity contribution is 5.95. The minimum absolute atomic E-state index is 0.192. The molecule has 0 spiro atoms. The molecular weight excluding hydrogens is 278 g/mol. The summed E-state index contributed by atoms with van der Waals surface area (Å²) in [6, 6.07) is 10.2. The quantitative estimate of drug-likeness (QED) is 0.922. The molecule has 2 aromatic rings. The molecule has 0 aliphatic carbocycles. The number of aryl methyl sites for hydroxylation is 1. The van der Waals surface area contributed by atoms with Gasteiger partial charge in [0.1, 0.15) is 5.56 Å². The predicted molar refractivity (Wildman–Crippen MR) is 84.0 cm³/mol. The van der Waals surface area contributed by atoms with Gasteiger partial charge in [0, 0.05) is 19.0 Å². The molecule has 1 amide bonds. The number of rotatable bonds is 2. The number of nitrogens with one attached hydrogen (secondary N) is 1. The Morgan fingerprint density at radius 2 is 2.00 bits per heavy atom. The Morgan fingerprint density at radius 3 is 2.73 bits per heavy atom. The summed E-state index contributed by atoms with van der Waals surface area (Å²) in [5.41, 5.74) is 2.41. The minimum Gasteiger partial charge on any atom is -0.338 e. The van der Waals surface area contributed by atoms with Crippen LogP contribution in [0, 0.1) is 13.8 Å². The summed E-state index contributed by atoms with van der Waals surface area (Å²) >= 11 is 0. The van der Waals surface area contributed by atoms with Gasteiger partial charge >= 0.3 is 0 Å². The van der Waals surface area contributed by atoms with E-state index in [4.69, 9.17) is 0 Å². The van der Waals surface area contributed by atoms with Crippen LogP contribution in [0.1, 0.15) is 39.5 Å². The highest BCUT2D eigenvalue weighted by atomic mass is 16.2. The van der Waals surface area contributed by atoms with Crippen molar-refractivity contribution in [3.63, 3.8) is 0 Å². The topological polar surface area (TPSA) is 66.1 Å². The number of likely N-dealkylation sites (tertiary alicyclic amines) is 1. The maximum atomic E-state index is 12.7. The SMILES string of the molecule is Cc1n[nH]c(=O)c(C(=O)N2CCC(c3ccccc3)C2)c1C. The van der Waals surface area contributed by atoms with Crippen LogP contribution >= 0.6 is 0 Å². The van der Waals surface area contributed by atoms with Crippen molar-refractivity contribution < 1.29 is 4.79 Å². The van der Waals surface area contributed by atoms with Gasteiger partial charge in [0.2, 0.25) is 0 Å². The van der Waals surface area contributed by atoms with Crippen molar-refractivity contribution in [2.75, 3.05) is 13.1 Å². The van der Waals surface area contributed by atoms with Crippen molar-refractivity contribution in [2.45, 2.75) is 26.2 Å². The van der Waals surface area contributed by atoms with Crippen molar-refractivity contribution >= 4 is 5.91 Å². The van der Waals surface area contributed by atoms with E-state index in [1.165, 1.54) is 5.56 Å². The lowest BCUT2D eigenvalue weighted by molar-refractivity contribution is 0.0788. The number of hydrogen-bond acceptors (Lipinski definition) is 3. The van der Waals surface area contributed by atoms with Gasteiger partial charge in [-0.15, -0.1) is 0 Å². The summed E-state index contributed by atoms with van der Waals surface area (Å²) in [7, 11) is 0. The monoisotopic (exact) mass is 297 g/mol. The Balaban J connectivity index is 1.84. The number of amides is 1. The first kappa shape index (κ1) is 14.5. The second kappa shape index (κ2) is 5.75. The van der Waals surface area contributed by atoms with Crippen LogP contribution in [0.3, 0.4) is 0 Å². The van der Waals surface area contributed by atoms with Crippen LogP contribution in [0.2, 0.25) is 0 Å². The van der Waals surface area contributed by atoms with Crippen LogP contribution < -0.4 is 5.56 Å². The molecule has 3 rings (SSSR count). The molecule has 1 atom stereocenters. The number of aromatic amines is 1. The molecule has 1 aromatic carbocycles. The molecule has 1 aliphatic rings. The Bertz CT molecular complexity index is 752. The van der Waals surface area contributed by atoms with E-state index < -0.39 is 5.56 Å². The molecule has 1 N–H and O–H groups in total. The maximum Gasteiger partial charge on any atom is 0.277 e. The lowest BCUT2D eigenvalue weighted by Crippen LogP contribution is -2.34. The zero-order valence-electron chi connectivity index (χ0n) is 12.8. The standard InChI is InChI=1S/C17H19N3O2/c1-11-12(2)18-19-16(21)15(11)17(22)20-9-8-14(10-20)13-6-4-3-5-7-13/h3-7,14H,8-10H2,1-2H3,(H,19,21). The van der Waals surface area contributed by atoms with Gasteiger partial charge in [-0.1, -0.05) is 30.3 Å². The van der Waals surface area contributed by atoms with E-state index in [1.54, 1.807) is 18.7 Å². The van der Waals surface area contributed by atoms with Gasteiger partial charge in [-0.05, 0) is 31.4 Å². The Labute approximate surface area is 129 Å². The van der Waals surface area contributed by atoms with Gasteiger partial charge in [-0.25, -0.2) is 5.10 Å². The van der Waals surface area contributed by atoms with E-state index in [1.807, 2.05) is 18.2 Å². The molecule has 0 saturated carbocycles. The van der Waals surface area contributed by atoms with E-state index in [0.29, 0.717) is 30.3 Å². The maximum absolute atomic E-state index is 12.7. The fourth-order valence-corrected chi connectivity index (χ4v) is 2.98. The molecule has 1 aliphatic heterocycles. The molecule has 1 unspecified atom stereocenters. The third kappa shape index (κ3) is 2.54. The zero-order chi connectivity index (χ0) is 15.7. The smallest absolute Gasteiger partial charge is 0.277 e. The summed E-state index contributed by atoms with van der Waals surface area (Å²) < 4.78 is 0. The van der Waals surface area contributed by atoms with Gasteiger partial charge in [0.15, 0.2) is 0 Å². The van der Waals surface area contributed by atoms with Crippen molar-refractivity contribution in [3.8, 4) is 0 Å². The Hall–Kier alpha value is -2.43. The molecule has 5 nitrogen and oxygen atoms in total. The third-order valence-electron chi connectivity index (χ3n) is 4.43. The lowest BCUT2D eigenvalue weighted by Gasteiger charge is -2.17. The van der Waals surface area contributed by atoms with Crippen molar-refractivity contribution in [1.82, 2.24) is 15.1 Å². The summed E-state index contributed by atoms with van der Waals surface area (Å²) in [5.74, 6) is 0.148. The molecule has 5 heteroatoms. The highest BCUT2D eigenvalue weighted by Crippen LogP contribution is 2.27. The average Bonchev–Trinajstić information content (AvgIpc) is 3.02. The minimum atomic E-state index is -0.406. The molecule has 1 aromatic heterocycles. The van der Waals surface area contributed by atoms with Crippen molar-refractivity contribution in [1.29, 1.82) is 0 Å². The third-order valence-corrected chi connectivity index (χ3v) is 4.43. The van der Waals surface area contributed by atoms with Gasteiger partial charge in [0.05, 0.1) is 5.69 Å². The van der Waals surface area contributed by atoms with Gasteiger partial charge in [-0.2, -0.15) is 5.10 Å². The van der Waals surface area contributed by atoms with Crippen LogP contribution in [-0.4, -0.2) is 34.1 Å². The highest BCUT2D eigenvalue weighted by Gasteiger charge is 2.30. The van der Waals surface area contributed by atoms with Crippen LogP contribution in [0.4, 0.5) is 0 Å². The van der Waals surface area contributed by atoms with Crippen molar-refractivity contribution in [3.05, 3.63) is 63.1 Å². The second-order valence-electron chi connectivity index (χ2n) is 5.79.